The Kier molecular flexibility index (Phi) is 3.84. The molecule has 1 aliphatic carbocycles. The Bertz CT molecular complexity index is 877. The summed E-state index contributed by atoms with van der Waals surface area (Å²) in [6, 6.07) is 10.5. The third-order valence-electron chi connectivity index (χ3n) is 4.38. The summed E-state index contributed by atoms with van der Waals surface area (Å²) in [5.41, 5.74) is 3.14. The zero-order chi connectivity index (χ0) is 16.6. The lowest BCUT2D eigenvalue weighted by atomic mass is 10.1. The van der Waals surface area contributed by atoms with Crippen molar-refractivity contribution >= 4 is 15.7 Å². The minimum atomic E-state index is -3.66. The molecule has 0 amide bonds. The molecule has 0 saturated carbocycles. The SMILES string of the molecule is O=S(=O)(Nc1ccc2c(c1)CCC2)c1ccc2c(c1)OCCCO2. The van der Waals surface area contributed by atoms with Crippen LogP contribution in [-0.2, 0) is 22.9 Å². The van der Waals surface area contributed by atoms with E-state index in [0.29, 0.717) is 30.4 Å². The third-order valence-corrected chi connectivity index (χ3v) is 5.76. The van der Waals surface area contributed by atoms with Crippen molar-refractivity contribution in [2.24, 2.45) is 0 Å². The molecule has 0 fully saturated rings. The standard InChI is InChI=1S/C18H19NO4S/c20-24(21,19-15-6-5-13-3-1-4-14(13)11-15)16-7-8-17-18(12-16)23-10-2-9-22-17/h5-8,11-12,19H,1-4,9-10H2. The van der Waals surface area contributed by atoms with E-state index >= 15 is 0 Å². The van der Waals surface area contributed by atoms with Crippen molar-refractivity contribution in [2.45, 2.75) is 30.6 Å². The van der Waals surface area contributed by atoms with Crippen molar-refractivity contribution < 1.29 is 17.9 Å². The monoisotopic (exact) mass is 345 g/mol. The number of sulfonamides is 1. The number of fused-ring (bicyclic) bond motifs is 2. The lowest BCUT2D eigenvalue weighted by molar-refractivity contribution is 0.297. The van der Waals surface area contributed by atoms with Gasteiger partial charge in [-0.05, 0) is 54.7 Å². The molecule has 4 rings (SSSR count). The van der Waals surface area contributed by atoms with E-state index in [1.54, 1.807) is 12.1 Å². The van der Waals surface area contributed by atoms with E-state index in [-0.39, 0.29) is 4.90 Å². The Hall–Kier alpha value is -2.21. The molecule has 1 aliphatic heterocycles. The van der Waals surface area contributed by atoms with Crippen LogP contribution in [0, 0.1) is 0 Å². The maximum Gasteiger partial charge on any atom is 0.262 e. The summed E-state index contributed by atoms with van der Waals surface area (Å²) in [5.74, 6) is 1.06. The van der Waals surface area contributed by atoms with Crippen LogP contribution in [0.1, 0.15) is 24.0 Å². The largest absolute Gasteiger partial charge is 0.490 e. The fourth-order valence-electron chi connectivity index (χ4n) is 3.16. The molecule has 0 atom stereocenters. The van der Waals surface area contributed by atoms with Crippen LogP contribution in [-0.4, -0.2) is 21.6 Å². The van der Waals surface area contributed by atoms with Crippen LogP contribution in [0.4, 0.5) is 5.69 Å². The van der Waals surface area contributed by atoms with E-state index in [2.05, 4.69) is 4.72 Å². The lowest BCUT2D eigenvalue weighted by Crippen LogP contribution is -2.13. The zero-order valence-corrected chi connectivity index (χ0v) is 14.1. The number of benzene rings is 2. The molecular weight excluding hydrogens is 326 g/mol. The molecule has 2 aromatic carbocycles. The molecule has 6 heteroatoms. The second-order valence-corrected chi connectivity index (χ2v) is 7.78. The van der Waals surface area contributed by atoms with Gasteiger partial charge in [0.15, 0.2) is 11.5 Å². The van der Waals surface area contributed by atoms with Gasteiger partial charge >= 0.3 is 0 Å². The molecule has 0 spiro atoms. The van der Waals surface area contributed by atoms with Gasteiger partial charge in [-0.1, -0.05) is 6.07 Å². The summed E-state index contributed by atoms with van der Waals surface area (Å²) < 4.78 is 39.1. The van der Waals surface area contributed by atoms with Gasteiger partial charge in [-0.25, -0.2) is 8.42 Å². The Labute approximate surface area is 141 Å². The number of ether oxygens (including phenoxy) is 2. The highest BCUT2D eigenvalue weighted by Crippen LogP contribution is 2.33. The highest BCUT2D eigenvalue weighted by atomic mass is 32.2. The van der Waals surface area contributed by atoms with E-state index in [1.807, 2.05) is 18.2 Å². The van der Waals surface area contributed by atoms with Crippen molar-refractivity contribution in [3.63, 3.8) is 0 Å². The van der Waals surface area contributed by atoms with Gasteiger partial charge in [-0.3, -0.25) is 4.72 Å². The quantitative estimate of drug-likeness (QED) is 0.928. The molecule has 2 aromatic rings. The highest BCUT2D eigenvalue weighted by Gasteiger charge is 2.20. The first-order valence-electron chi connectivity index (χ1n) is 8.16. The summed E-state index contributed by atoms with van der Waals surface area (Å²) in [6.45, 7) is 1.10. The predicted octanol–water partition coefficient (Wildman–Crippen LogP) is 3.14. The maximum absolute atomic E-state index is 12.7. The topological polar surface area (TPSA) is 64.6 Å². The van der Waals surface area contributed by atoms with E-state index in [1.165, 1.54) is 17.2 Å². The minimum Gasteiger partial charge on any atom is -0.490 e. The maximum atomic E-state index is 12.7. The van der Waals surface area contributed by atoms with Gasteiger partial charge in [0.1, 0.15) is 0 Å². The van der Waals surface area contributed by atoms with Crippen molar-refractivity contribution in [1.29, 1.82) is 0 Å². The van der Waals surface area contributed by atoms with Gasteiger partial charge in [0.25, 0.3) is 10.0 Å². The molecule has 5 nitrogen and oxygen atoms in total. The summed E-state index contributed by atoms with van der Waals surface area (Å²) >= 11 is 0. The van der Waals surface area contributed by atoms with Crippen LogP contribution >= 0.6 is 0 Å². The van der Waals surface area contributed by atoms with Crippen LogP contribution in [0.25, 0.3) is 0 Å². The predicted molar refractivity (Wildman–Crippen MR) is 91.3 cm³/mol. The smallest absolute Gasteiger partial charge is 0.262 e. The molecular formula is C18H19NO4S. The van der Waals surface area contributed by atoms with Crippen LogP contribution in [0.2, 0.25) is 0 Å². The average Bonchev–Trinajstić information content (AvgIpc) is 2.89. The summed E-state index contributed by atoms with van der Waals surface area (Å²) in [5, 5.41) is 0. The van der Waals surface area contributed by atoms with Crippen molar-refractivity contribution in [3.05, 3.63) is 47.5 Å². The Morgan fingerprint density at radius 3 is 2.50 bits per heavy atom. The number of anilines is 1. The first kappa shape index (κ1) is 15.3. The number of aryl methyl sites for hydroxylation is 2. The van der Waals surface area contributed by atoms with E-state index in [9.17, 15) is 8.42 Å². The van der Waals surface area contributed by atoms with Gasteiger partial charge in [-0.2, -0.15) is 0 Å². The number of hydrogen-bond donors (Lipinski definition) is 1. The molecule has 0 bridgehead atoms. The van der Waals surface area contributed by atoms with Crippen molar-refractivity contribution in [3.8, 4) is 11.5 Å². The third kappa shape index (κ3) is 2.94. The van der Waals surface area contributed by atoms with Crippen molar-refractivity contribution in [2.75, 3.05) is 17.9 Å². The van der Waals surface area contributed by atoms with Crippen LogP contribution in [0.15, 0.2) is 41.3 Å². The minimum absolute atomic E-state index is 0.173. The van der Waals surface area contributed by atoms with Gasteiger partial charge in [0.2, 0.25) is 0 Å². The molecule has 2 aliphatic rings. The molecule has 0 radical (unpaired) electrons. The summed E-state index contributed by atoms with van der Waals surface area (Å²) in [7, 11) is -3.66. The van der Waals surface area contributed by atoms with Gasteiger partial charge < -0.3 is 9.47 Å². The fraction of sp³-hybridized carbons (Fsp3) is 0.333. The molecule has 0 aromatic heterocycles. The van der Waals surface area contributed by atoms with Crippen LogP contribution in [0.5, 0.6) is 11.5 Å². The second kappa shape index (κ2) is 6.02. The van der Waals surface area contributed by atoms with Gasteiger partial charge in [0, 0.05) is 18.2 Å². The molecule has 1 N–H and O–H groups in total. The first-order chi connectivity index (χ1) is 11.6. The van der Waals surface area contributed by atoms with Crippen LogP contribution in [0.3, 0.4) is 0 Å². The Morgan fingerprint density at radius 1 is 0.833 bits per heavy atom. The Balaban J connectivity index is 1.62. The fourth-order valence-corrected chi connectivity index (χ4v) is 4.22. The van der Waals surface area contributed by atoms with Gasteiger partial charge in [0.05, 0.1) is 18.1 Å². The average molecular weight is 345 g/mol. The molecule has 126 valence electrons. The number of hydrogen-bond acceptors (Lipinski definition) is 4. The highest BCUT2D eigenvalue weighted by molar-refractivity contribution is 7.92. The number of nitrogens with one attached hydrogen (secondary N) is 1. The second-order valence-electron chi connectivity index (χ2n) is 6.10. The Morgan fingerprint density at radius 2 is 1.62 bits per heavy atom. The normalized spacial score (nSPS) is 16.3. The van der Waals surface area contributed by atoms with Crippen LogP contribution < -0.4 is 14.2 Å². The summed E-state index contributed by atoms with van der Waals surface area (Å²) in [4.78, 5) is 0.173. The van der Waals surface area contributed by atoms with Crippen molar-refractivity contribution in [1.82, 2.24) is 0 Å². The molecule has 0 saturated heterocycles. The van der Waals surface area contributed by atoms with E-state index in [4.69, 9.17) is 9.47 Å². The van der Waals surface area contributed by atoms with E-state index in [0.717, 1.165) is 25.7 Å². The molecule has 0 unspecified atom stereocenters. The van der Waals surface area contributed by atoms with E-state index < -0.39 is 10.0 Å². The molecule has 1 heterocycles. The zero-order valence-electron chi connectivity index (χ0n) is 13.2. The first-order valence-corrected chi connectivity index (χ1v) is 9.64. The summed E-state index contributed by atoms with van der Waals surface area (Å²) in [6.07, 6.45) is 4.00. The lowest BCUT2D eigenvalue weighted by Gasteiger charge is -2.12. The molecule has 24 heavy (non-hydrogen) atoms. The van der Waals surface area contributed by atoms with Gasteiger partial charge in [-0.15, -0.1) is 0 Å². The number of rotatable bonds is 3.